The fourth-order valence-electron chi connectivity index (χ4n) is 1.61. The Kier molecular flexibility index (Phi) is 2.77. The molecule has 3 amide bonds. The van der Waals surface area contributed by atoms with E-state index in [4.69, 9.17) is 10.5 Å². The minimum atomic E-state index is -0.561. The summed E-state index contributed by atoms with van der Waals surface area (Å²) < 4.78 is 5.18. The molecule has 1 unspecified atom stereocenters. The molecule has 1 saturated carbocycles. The molecular weight excluding hydrogens is 198 g/mol. The van der Waals surface area contributed by atoms with Crippen LogP contribution < -0.4 is 11.1 Å². The highest BCUT2D eigenvalue weighted by Gasteiger charge is 2.34. The monoisotopic (exact) mass is 213 g/mol. The van der Waals surface area contributed by atoms with Crippen LogP contribution in [0.15, 0.2) is 0 Å². The number of carbonyl (C=O) groups is 2. The smallest absolute Gasteiger partial charge is 0.315 e. The van der Waals surface area contributed by atoms with Crippen LogP contribution >= 0.6 is 0 Å². The van der Waals surface area contributed by atoms with Gasteiger partial charge in [-0.25, -0.2) is 4.79 Å². The van der Waals surface area contributed by atoms with Crippen molar-refractivity contribution in [3.8, 4) is 0 Å². The van der Waals surface area contributed by atoms with Crippen molar-refractivity contribution < 1.29 is 14.3 Å². The molecule has 84 valence electrons. The van der Waals surface area contributed by atoms with Crippen LogP contribution in [0.1, 0.15) is 12.8 Å². The summed E-state index contributed by atoms with van der Waals surface area (Å²) in [5, 5.41) is 2.84. The predicted octanol–water partition coefficient (Wildman–Crippen LogP) is -0.955. The van der Waals surface area contributed by atoms with Gasteiger partial charge in [-0.05, 0) is 12.8 Å². The molecule has 0 spiro atoms. The summed E-state index contributed by atoms with van der Waals surface area (Å²) in [4.78, 5) is 24.2. The van der Waals surface area contributed by atoms with Crippen molar-refractivity contribution in [1.29, 1.82) is 0 Å². The van der Waals surface area contributed by atoms with E-state index in [0.29, 0.717) is 13.2 Å². The number of nitrogens with two attached hydrogens (primary N) is 1. The summed E-state index contributed by atoms with van der Waals surface area (Å²) in [6, 6.07) is -0.833. The van der Waals surface area contributed by atoms with Crippen LogP contribution in [0.25, 0.3) is 0 Å². The molecular formula is C9H15N3O3. The van der Waals surface area contributed by atoms with Crippen molar-refractivity contribution in [2.75, 3.05) is 19.8 Å². The van der Waals surface area contributed by atoms with E-state index in [1.165, 1.54) is 4.90 Å². The third-order valence-electron chi connectivity index (χ3n) is 2.64. The van der Waals surface area contributed by atoms with Gasteiger partial charge in [-0.1, -0.05) is 0 Å². The summed E-state index contributed by atoms with van der Waals surface area (Å²) in [5.41, 5.74) is 5.19. The zero-order valence-electron chi connectivity index (χ0n) is 8.44. The number of hydrogen-bond donors (Lipinski definition) is 2. The van der Waals surface area contributed by atoms with Gasteiger partial charge in [0.25, 0.3) is 0 Å². The molecule has 1 saturated heterocycles. The summed E-state index contributed by atoms with van der Waals surface area (Å²) in [5.74, 6) is -0.156. The Morgan fingerprint density at radius 1 is 1.40 bits per heavy atom. The van der Waals surface area contributed by atoms with Crippen LogP contribution in [0.4, 0.5) is 4.79 Å². The first-order valence-electron chi connectivity index (χ1n) is 5.12. The number of ether oxygens (including phenoxy) is 1. The van der Waals surface area contributed by atoms with E-state index in [-0.39, 0.29) is 18.6 Å². The van der Waals surface area contributed by atoms with Gasteiger partial charge >= 0.3 is 6.03 Å². The van der Waals surface area contributed by atoms with E-state index in [2.05, 4.69) is 5.32 Å². The topological polar surface area (TPSA) is 84.7 Å². The Hall–Kier alpha value is -1.30. The molecule has 0 aromatic heterocycles. The first kappa shape index (κ1) is 10.2. The zero-order valence-corrected chi connectivity index (χ0v) is 8.44. The molecule has 2 rings (SSSR count). The van der Waals surface area contributed by atoms with Crippen LogP contribution in [-0.4, -0.2) is 48.7 Å². The lowest BCUT2D eigenvalue weighted by molar-refractivity contribution is -0.130. The minimum Gasteiger partial charge on any atom is -0.377 e. The number of nitrogens with one attached hydrogen (secondary N) is 1. The van der Waals surface area contributed by atoms with Crippen LogP contribution in [0.5, 0.6) is 0 Å². The van der Waals surface area contributed by atoms with E-state index in [1.807, 2.05) is 0 Å². The Bertz CT molecular complexity index is 278. The lowest BCUT2D eigenvalue weighted by Gasteiger charge is -2.33. The largest absolute Gasteiger partial charge is 0.377 e. The molecule has 0 aromatic carbocycles. The van der Waals surface area contributed by atoms with Gasteiger partial charge in [-0.3, -0.25) is 4.79 Å². The number of urea groups is 1. The molecule has 3 N–H and O–H groups in total. The number of morpholine rings is 1. The van der Waals surface area contributed by atoms with Gasteiger partial charge in [-0.15, -0.1) is 0 Å². The van der Waals surface area contributed by atoms with Crippen molar-refractivity contribution >= 4 is 11.9 Å². The number of rotatable bonds is 2. The van der Waals surface area contributed by atoms with Crippen molar-refractivity contribution in [3.63, 3.8) is 0 Å². The maximum absolute atomic E-state index is 11.7. The van der Waals surface area contributed by atoms with Gasteiger partial charge in [0, 0.05) is 12.6 Å². The van der Waals surface area contributed by atoms with Gasteiger partial charge in [0.15, 0.2) is 0 Å². The number of carbonyl (C=O) groups excluding carboxylic acids is 2. The highest BCUT2D eigenvalue weighted by atomic mass is 16.5. The summed E-state index contributed by atoms with van der Waals surface area (Å²) in [7, 11) is 0. The maximum atomic E-state index is 11.7. The second kappa shape index (κ2) is 4.06. The Morgan fingerprint density at radius 2 is 2.13 bits per heavy atom. The zero-order chi connectivity index (χ0) is 10.8. The van der Waals surface area contributed by atoms with Crippen LogP contribution in [-0.2, 0) is 9.53 Å². The predicted molar refractivity (Wildman–Crippen MR) is 52.1 cm³/mol. The van der Waals surface area contributed by atoms with Crippen molar-refractivity contribution in [2.24, 2.45) is 5.73 Å². The minimum absolute atomic E-state index is 0.156. The van der Waals surface area contributed by atoms with Crippen LogP contribution in [0, 0.1) is 0 Å². The summed E-state index contributed by atoms with van der Waals surface area (Å²) in [6.45, 7) is 1.07. The van der Waals surface area contributed by atoms with Gasteiger partial charge in [-0.2, -0.15) is 0 Å². The second-order valence-corrected chi connectivity index (χ2v) is 3.91. The van der Waals surface area contributed by atoms with Gasteiger partial charge < -0.3 is 20.7 Å². The average molecular weight is 213 g/mol. The first-order chi connectivity index (χ1) is 7.18. The fraction of sp³-hybridized carbons (Fsp3) is 0.778. The third-order valence-corrected chi connectivity index (χ3v) is 2.64. The number of nitrogens with zero attached hydrogens (tertiary/aromatic N) is 1. The lowest BCUT2D eigenvalue weighted by atomic mass is 10.2. The molecule has 1 aliphatic carbocycles. The number of primary amides is 1. The fourth-order valence-corrected chi connectivity index (χ4v) is 1.61. The SMILES string of the molecule is NC(=O)N1CCOCC1C(=O)NC1CC1. The highest BCUT2D eigenvalue weighted by molar-refractivity contribution is 5.87. The van der Waals surface area contributed by atoms with Crippen molar-refractivity contribution in [2.45, 2.75) is 24.9 Å². The molecule has 15 heavy (non-hydrogen) atoms. The maximum Gasteiger partial charge on any atom is 0.315 e. The second-order valence-electron chi connectivity index (χ2n) is 3.91. The van der Waals surface area contributed by atoms with E-state index in [1.54, 1.807) is 0 Å². The molecule has 0 aromatic rings. The van der Waals surface area contributed by atoms with Gasteiger partial charge in [0.1, 0.15) is 6.04 Å². The van der Waals surface area contributed by atoms with Gasteiger partial charge in [0.05, 0.1) is 13.2 Å². The number of amides is 3. The quantitative estimate of drug-likeness (QED) is 0.620. The molecule has 0 radical (unpaired) electrons. The molecule has 1 heterocycles. The molecule has 6 heteroatoms. The number of hydrogen-bond acceptors (Lipinski definition) is 3. The third kappa shape index (κ3) is 2.38. The van der Waals surface area contributed by atoms with Crippen molar-refractivity contribution in [3.05, 3.63) is 0 Å². The summed E-state index contributed by atoms with van der Waals surface area (Å²) in [6.07, 6.45) is 2.05. The van der Waals surface area contributed by atoms with Crippen LogP contribution in [0.3, 0.4) is 0 Å². The first-order valence-corrected chi connectivity index (χ1v) is 5.12. The van der Waals surface area contributed by atoms with Crippen molar-refractivity contribution in [1.82, 2.24) is 10.2 Å². The average Bonchev–Trinajstić information content (AvgIpc) is 3.01. The molecule has 1 aliphatic heterocycles. The Balaban J connectivity index is 1.96. The van der Waals surface area contributed by atoms with Gasteiger partial charge in [0.2, 0.25) is 5.91 Å². The molecule has 1 atom stereocenters. The Labute approximate surface area is 87.7 Å². The van der Waals surface area contributed by atoms with E-state index >= 15 is 0 Å². The van der Waals surface area contributed by atoms with E-state index in [9.17, 15) is 9.59 Å². The molecule has 2 fully saturated rings. The normalized spacial score (nSPS) is 26.1. The lowest BCUT2D eigenvalue weighted by Crippen LogP contribution is -2.57. The molecule has 0 bridgehead atoms. The molecule has 6 nitrogen and oxygen atoms in total. The Morgan fingerprint density at radius 3 is 2.73 bits per heavy atom. The van der Waals surface area contributed by atoms with E-state index in [0.717, 1.165) is 12.8 Å². The van der Waals surface area contributed by atoms with Crippen LogP contribution in [0.2, 0.25) is 0 Å². The summed E-state index contributed by atoms with van der Waals surface area (Å²) >= 11 is 0. The van der Waals surface area contributed by atoms with E-state index < -0.39 is 12.1 Å². The standard InChI is InChI=1S/C9H15N3O3/c10-9(14)12-3-4-15-5-7(12)8(13)11-6-1-2-6/h6-7H,1-5H2,(H2,10,14)(H,11,13). The highest BCUT2D eigenvalue weighted by Crippen LogP contribution is 2.19. The molecule has 2 aliphatic rings.